The molecule has 0 unspecified atom stereocenters. The minimum absolute atomic E-state index is 0.138. The number of carbonyl (C=O) groups is 1. The van der Waals surface area contributed by atoms with Crippen LogP contribution in [0.15, 0.2) is 30.3 Å². The van der Waals surface area contributed by atoms with Crippen molar-refractivity contribution in [2.75, 3.05) is 57.8 Å². The molecular weight excluding hydrogens is 264 g/mol. The Morgan fingerprint density at radius 2 is 2.00 bits per heavy atom. The van der Waals surface area contributed by atoms with Crippen molar-refractivity contribution in [3.05, 3.63) is 30.3 Å². The van der Waals surface area contributed by atoms with Crippen LogP contribution in [0, 0.1) is 0 Å². The zero-order valence-corrected chi connectivity index (χ0v) is 12.8. The van der Waals surface area contributed by atoms with Crippen LogP contribution in [0.3, 0.4) is 0 Å². The highest BCUT2D eigenvalue weighted by Gasteiger charge is 2.12. The molecule has 0 radical (unpaired) electrons. The summed E-state index contributed by atoms with van der Waals surface area (Å²) in [6, 6.07) is 10.3. The van der Waals surface area contributed by atoms with E-state index in [4.69, 9.17) is 0 Å². The number of anilines is 1. The van der Waals surface area contributed by atoms with Crippen molar-refractivity contribution in [1.29, 1.82) is 0 Å². The summed E-state index contributed by atoms with van der Waals surface area (Å²) in [5.41, 5.74) is 1.21. The second kappa shape index (κ2) is 8.64. The molecule has 1 aliphatic rings. The number of carbonyl (C=O) groups excluding carboxylic acids is 1. The van der Waals surface area contributed by atoms with Gasteiger partial charge in [-0.3, -0.25) is 9.69 Å². The van der Waals surface area contributed by atoms with Gasteiger partial charge >= 0.3 is 0 Å². The average molecular weight is 290 g/mol. The number of amides is 1. The van der Waals surface area contributed by atoms with E-state index in [-0.39, 0.29) is 5.91 Å². The first-order chi connectivity index (χ1) is 10.3. The lowest BCUT2D eigenvalue weighted by molar-refractivity contribution is -0.122. The van der Waals surface area contributed by atoms with Crippen molar-refractivity contribution in [2.24, 2.45) is 0 Å². The Bertz CT molecular complexity index is 418. The largest absolute Gasteiger partial charge is 0.375 e. The Labute approximate surface area is 127 Å². The molecule has 5 heteroatoms. The maximum Gasteiger partial charge on any atom is 0.234 e. The van der Waals surface area contributed by atoms with Crippen LogP contribution >= 0.6 is 0 Å². The van der Waals surface area contributed by atoms with Crippen LogP contribution in [-0.4, -0.2) is 63.7 Å². The van der Waals surface area contributed by atoms with Gasteiger partial charge in [-0.05, 0) is 18.6 Å². The van der Waals surface area contributed by atoms with E-state index in [1.807, 2.05) is 18.2 Å². The van der Waals surface area contributed by atoms with Crippen LogP contribution < -0.4 is 15.5 Å². The number of para-hydroxylation sites is 1. The summed E-state index contributed by atoms with van der Waals surface area (Å²) in [4.78, 5) is 16.2. The molecule has 0 atom stereocenters. The number of benzene rings is 1. The number of hydrogen-bond donors (Lipinski definition) is 2. The van der Waals surface area contributed by atoms with E-state index in [2.05, 4.69) is 39.6 Å². The molecular formula is C16H26N4O. The molecule has 0 spiro atoms. The third-order valence-electron chi connectivity index (χ3n) is 3.77. The van der Waals surface area contributed by atoms with Crippen molar-refractivity contribution in [2.45, 2.75) is 6.42 Å². The van der Waals surface area contributed by atoms with E-state index in [1.54, 1.807) is 0 Å². The van der Waals surface area contributed by atoms with Crippen LogP contribution in [0.1, 0.15) is 6.42 Å². The van der Waals surface area contributed by atoms with Gasteiger partial charge in [-0.1, -0.05) is 18.2 Å². The molecule has 0 aromatic heterocycles. The van der Waals surface area contributed by atoms with Crippen molar-refractivity contribution in [1.82, 2.24) is 15.5 Å². The SMILES string of the molecule is CN(CCCNC(=O)CN1CCNCC1)c1ccccc1. The van der Waals surface area contributed by atoms with Crippen LogP contribution in [0.4, 0.5) is 5.69 Å². The summed E-state index contributed by atoms with van der Waals surface area (Å²) in [5, 5.41) is 6.30. The van der Waals surface area contributed by atoms with Gasteiger partial charge in [-0.15, -0.1) is 0 Å². The zero-order chi connectivity index (χ0) is 14.9. The highest BCUT2D eigenvalue weighted by molar-refractivity contribution is 5.78. The first-order valence-electron chi connectivity index (χ1n) is 7.71. The number of rotatable bonds is 7. The van der Waals surface area contributed by atoms with Crippen molar-refractivity contribution < 1.29 is 4.79 Å². The molecule has 1 amide bonds. The van der Waals surface area contributed by atoms with E-state index >= 15 is 0 Å². The average Bonchev–Trinajstić information content (AvgIpc) is 2.53. The fourth-order valence-corrected chi connectivity index (χ4v) is 2.48. The highest BCUT2D eigenvalue weighted by atomic mass is 16.2. The molecule has 1 aliphatic heterocycles. The van der Waals surface area contributed by atoms with E-state index in [0.29, 0.717) is 6.54 Å². The standard InChI is InChI=1S/C16H26N4O/c1-19(15-6-3-2-4-7-15)11-5-8-18-16(21)14-20-12-9-17-10-13-20/h2-4,6-7,17H,5,8-14H2,1H3,(H,18,21). The van der Waals surface area contributed by atoms with E-state index in [0.717, 1.165) is 45.7 Å². The fraction of sp³-hybridized carbons (Fsp3) is 0.562. The second-order valence-electron chi connectivity index (χ2n) is 5.49. The van der Waals surface area contributed by atoms with Gasteiger partial charge in [0.25, 0.3) is 0 Å². The van der Waals surface area contributed by atoms with E-state index in [9.17, 15) is 4.79 Å². The van der Waals surface area contributed by atoms with Gasteiger partial charge in [0, 0.05) is 52.0 Å². The molecule has 1 aromatic carbocycles. The van der Waals surface area contributed by atoms with Crippen LogP contribution in [0.2, 0.25) is 0 Å². The Morgan fingerprint density at radius 3 is 2.71 bits per heavy atom. The molecule has 0 aliphatic carbocycles. The molecule has 5 nitrogen and oxygen atoms in total. The van der Waals surface area contributed by atoms with Gasteiger partial charge in [0.1, 0.15) is 0 Å². The summed E-state index contributed by atoms with van der Waals surface area (Å²) in [6.45, 7) is 6.09. The summed E-state index contributed by atoms with van der Waals surface area (Å²) < 4.78 is 0. The number of hydrogen-bond acceptors (Lipinski definition) is 4. The van der Waals surface area contributed by atoms with Crippen LogP contribution in [0.5, 0.6) is 0 Å². The molecule has 1 fully saturated rings. The Morgan fingerprint density at radius 1 is 1.29 bits per heavy atom. The van der Waals surface area contributed by atoms with Crippen molar-refractivity contribution >= 4 is 11.6 Å². The number of nitrogens with zero attached hydrogens (tertiary/aromatic N) is 2. The quantitative estimate of drug-likeness (QED) is 0.720. The fourth-order valence-electron chi connectivity index (χ4n) is 2.48. The normalized spacial score (nSPS) is 15.7. The maximum absolute atomic E-state index is 11.8. The molecule has 2 rings (SSSR count). The molecule has 2 N–H and O–H groups in total. The summed E-state index contributed by atoms with van der Waals surface area (Å²) in [5.74, 6) is 0.138. The lowest BCUT2D eigenvalue weighted by Gasteiger charge is -2.26. The topological polar surface area (TPSA) is 47.6 Å². The van der Waals surface area contributed by atoms with Gasteiger partial charge in [0.2, 0.25) is 5.91 Å². The van der Waals surface area contributed by atoms with Gasteiger partial charge in [0.15, 0.2) is 0 Å². The van der Waals surface area contributed by atoms with Gasteiger partial charge in [0.05, 0.1) is 6.54 Å². The van der Waals surface area contributed by atoms with Crippen molar-refractivity contribution in [3.8, 4) is 0 Å². The predicted octanol–water partition coefficient (Wildman–Crippen LogP) is 0.534. The molecule has 0 bridgehead atoms. The number of piperazine rings is 1. The first kappa shape index (κ1) is 15.8. The monoisotopic (exact) mass is 290 g/mol. The zero-order valence-electron chi connectivity index (χ0n) is 12.8. The first-order valence-corrected chi connectivity index (χ1v) is 7.71. The molecule has 21 heavy (non-hydrogen) atoms. The van der Waals surface area contributed by atoms with Crippen LogP contribution in [-0.2, 0) is 4.79 Å². The third kappa shape index (κ3) is 5.73. The van der Waals surface area contributed by atoms with E-state index in [1.165, 1.54) is 5.69 Å². The van der Waals surface area contributed by atoms with Gasteiger partial charge in [-0.2, -0.15) is 0 Å². The number of nitrogens with one attached hydrogen (secondary N) is 2. The second-order valence-corrected chi connectivity index (χ2v) is 5.49. The Kier molecular flexibility index (Phi) is 6.50. The minimum atomic E-state index is 0.138. The predicted molar refractivity (Wildman–Crippen MR) is 86.6 cm³/mol. The summed E-state index contributed by atoms with van der Waals surface area (Å²) in [6.07, 6.45) is 0.957. The van der Waals surface area contributed by atoms with Gasteiger partial charge < -0.3 is 15.5 Å². The summed E-state index contributed by atoms with van der Waals surface area (Å²) >= 11 is 0. The van der Waals surface area contributed by atoms with E-state index < -0.39 is 0 Å². The lowest BCUT2D eigenvalue weighted by atomic mass is 10.3. The Balaban J connectivity index is 1.57. The highest BCUT2D eigenvalue weighted by Crippen LogP contribution is 2.10. The smallest absolute Gasteiger partial charge is 0.234 e. The molecule has 1 heterocycles. The maximum atomic E-state index is 11.8. The summed E-state index contributed by atoms with van der Waals surface area (Å²) in [7, 11) is 2.08. The molecule has 0 saturated carbocycles. The minimum Gasteiger partial charge on any atom is -0.375 e. The van der Waals surface area contributed by atoms with Gasteiger partial charge in [-0.25, -0.2) is 0 Å². The molecule has 1 saturated heterocycles. The lowest BCUT2D eigenvalue weighted by Crippen LogP contribution is -2.47. The van der Waals surface area contributed by atoms with Crippen molar-refractivity contribution in [3.63, 3.8) is 0 Å². The Hall–Kier alpha value is -1.59. The van der Waals surface area contributed by atoms with Crippen LogP contribution in [0.25, 0.3) is 0 Å². The molecule has 1 aromatic rings. The molecule has 116 valence electrons. The third-order valence-corrected chi connectivity index (χ3v) is 3.77.